The molecule has 6 heteroatoms. The minimum atomic E-state index is -1.08. The molecular formula is C9H8N4O2. The molecule has 76 valence electrons. The first kappa shape index (κ1) is 9.20. The maximum Gasteiger partial charge on any atom is 0.338 e. The Hall–Kier alpha value is -2.37. The summed E-state index contributed by atoms with van der Waals surface area (Å²) in [5.41, 5.74) is 6.76. The van der Waals surface area contributed by atoms with Crippen LogP contribution in [0.15, 0.2) is 24.4 Å². The molecule has 1 heterocycles. The van der Waals surface area contributed by atoms with Crippen LogP contribution < -0.4 is 5.73 Å². The molecule has 2 rings (SSSR count). The number of aromatic nitrogens is 3. The molecule has 6 nitrogen and oxygen atoms in total. The number of nitrogen functional groups attached to an aromatic ring is 1. The predicted molar refractivity (Wildman–Crippen MR) is 53.2 cm³/mol. The van der Waals surface area contributed by atoms with E-state index in [0.717, 1.165) is 0 Å². The average molecular weight is 204 g/mol. The van der Waals surface area contributed by atoms with Crippen molar-refractivity contribution in [3.63, 3.8) is 0 Å². The van der Waals surface area contributed by atoms with Crippen LogP contribution in [0.4, 0.5) is 5.69 Å². The molecule has 15 heavy (non-hydrogen) atoms. The van der Waals surface area contributed by atoms with Gasteiger partial charge < -0.3 is 10.8 Å². The first-order valence-electron chi connectivity index (χ1n) is 4.18. The number of aromatic carboxylic acids is 1. The Bertz CT molecular complexity index is 493. The molecule has 0 unspecified atom stereocenters. The molecule has 4 N–H and O–H groups in total. The number of benzene rings is 1. The molecule has 1 aromatic heterocycles. The van der Waals surface area contributed by atoms with Gasteiger partial charge in [0.2, 0.25) is 0 Å². The summed E-state index contributed by atoms with van der Waals surface area (Å²) in [6, 6.07) is 4.84. The summed E-state index contributed by atoms with van der Waals surface area (Å²) in [6.45, 7) is 0. The number of anilines is 1. The van der Waals surface area contributed by atoms with Crippen molar-refractivity contribution in [2.75, 3.05) is 5.73 Å². The molecule has 2 aromatic rings. The van der Waals surface area contributed by atoms with Gasteiger partial charge in [-0.1, -0.05) is 17.3 Å². The molecule has 0 aliphatic carbocycles. The van der Waals surface area contributed by atoms with E-state index in [1.807, 2.05) is 0 Å². The van der Waals surface area contributed by atoms with E-state index in [2.05, 4.69) is 15.4 Å². The van der Waals surface area contributed by atoms with Crippen LogP contribution >= 0.6 is 0 Å². The van der Waals surface area contributed by atoms with Crippen LogP contribution in [0.5, 0.6) is 0 Å². The van der Waals surface area contributed by atoms with Crippen molar-refractivity contribution in [2.45, 2.75) is 0 Å². The van der Waals surface area contributed by atoms with Crippen LogP contribution in [0.3, 0.4) is 0 Å². The quantitative estimate of drug-likeness (QED) is 0.626. The van der Waals surface area contributed by atoms with Crippen molar-refractivity contribution in [3.8, 4) is 11.3 Å². The monoisotopic (exact) mass is 204 g/mol. The third-order valence-electron chi connectivity index (χ3n) is 2.00. The number of nitrogens with two attached hydrogens (primary N) is 1. The molecule has 0 aliphatic rings. The molecule has 0 spiro atoms. The van der Waals surface area contributed by atoms with Crippen LogP contribution in [0.1, 0.15) is 10.4 Å². The Balaban J connectivity index is 2.66. The molecule has 0 aliphatic heterocycles. The summed E-state index contributed by atoms with van der Waals surface area (Å²) >= 11 is 0. The van der Waals surface area contributed by atoms with E-state index in [9.17, 15) is 4.79 Å². The molecule has 0 saturated heterocycles. The number of hydrogen-bond acceptors (Lipinski definition) is 4. The fourth-order valence-corrected chi connectivity index (χ4v) is 1.36. The van der Waals surface area contributed by atoms with Gasteiger partial charge in [0.15, 0.2) is 0 Å². The highest BCUT2D eigenvalue weighted by Crippen LogP contribution is 2.25. The van der Waals surface area contributed by atoms with Gasteiger partial charge in [-0.2, -0.15) is 0 Å². The average Bonchev–Trinajstić information content (AvgIpc) is 2.69. The maximum absolute atomic E-state index is 11.0. The van der Waals surface area contributed by atoms with E-state index in [4.69, 9.17) is 10.8 Å². The van der Waals surface area contributed by atoms with Crippen molar-refractivity contribution in [2.24, 2.45) is 0 Å². The molecule has 0 amide bonds. The molecule has 0 fully saturated rings. The van der Waals surface area contributed by atoms with E-state index in [-0.39, 0.29) is 11.3 Å². The lowest BCUT2D eigenvalue weighted by atomic mass is 10.0. The number of rotatable bonds is 2. The number of nitrogens with one attached hydrogen (secondary N) is 1. The lowest BCUT2D eigenvalue weighted by Gasteiger charge is -2.05. The van der Waals surface area contributed by atoms with Crippen LogP contribution in [-0.4, -0.2) is 26.5 Å². The molecule has 0 radical (unpaired) electrons. The Kier molecular flexibility index (Phi) is 2.09. The topological polar surface area (TPSA) is 105 Å². The van der Waals surface area contributed by atoms with Gasteiger partial charge in [0.25, 0.3) is 0 Å². The first-order chi connectivity index (χ1) is 7.20. The third-order valence-corrected chi connectivity index (χ3v) is 2.00. The zero-order valence-corrected chi connectivity index (χ0v) is 7.64. The largest absolute Gasteiger partial charge is 0.478 e. The second-order valence-electron chi connectivity index (χ2n) is 2.93. The first-order valence-corrected chi connectivity index (χ1v) is 4.18. The number of carboxylic acids is 1. The van der Waals surface area contributed by atoms with Gasteiger partial charge in [-0.25, -0.2) is 4.79 Å². The number of aromatic amines is 1. The summed E-state index contributed by atoms with van der Waals surface area (Å²) in [7, 11) is 0. The van der Waals surface area contributed by atoms with E-state index in [1.165, 1.54) is 12.3 Å². The second kappa shape index (κ2) is 3.41. The standard InChI is InChI=1S/C9H8N4O2/c10-6-3-1-2-5(8(6)9(14)15)7-4-11-13-12-7/h1-4H,10H2,(H,14,15)(H,11,12,13). The smallest absolute Gasteiger partial charge is 0.338 e. The van der Waals surface area contributed by atoms with Gasteiger partial charge >= 0.3 is 5.97 Å². The van der Waals surface area contributed by atoms with Crippen molar-refractivity contribution in [1.82, 2.24) is 15.4 Å². The second-order valence-corrected chi connectivity index (χ2v) is 2.93. The molecule has 1 aromatic carbocycles. The highest BCUT2D eigenvalue weighted by molar-refractivity contribution is 6.00. The number of H-pyrrole nitrogens is 1. The lowest BCUT2D eigenvalue weighted by molar-refractivity contribution is 0.0699. The Morgan fingerprint density at radius 2 is 2.27 bits per heavy atom. The predicted octanol–water partition coefficient (Wildman–Crippen LogP) is 0.752. The fraction of sp³-hybridized carbons (Fsp3) is 0. The van der Waals surface area contributed by atoms with Gasteiger partial charge in [0, 0.05) is 11.3 Å². The van der Waals surface area contributed by atoms with Crippen molar-refractivity contribution in [1.29, 1.82) is 0 Å². The SMILES string of the molecule is Nc1cccc(-c2c[nH]nn2)c1C(=O)O. The van der Waals surface area contributed by atoms with Crippen molar-refractivity contribution in [3.05, 3.63) is 30.0 Å². The van der Waals surface area contributed by atoms with Gasteiger partial charge in [-0.05, 0) is 6.07 Å². The summed E-state index contributed by atoms with van der Waals surface area (Å²) in [4.78, 5) is 11.0. The fourth-order valence-electron chi connectivity index (χ4n) is 1.36. The third kappa shape index (κ3) is 1.52. The van der Waals surface area contributed by atoms with Gasteiger partial charge in [-0.3, -0.25) is 5.10 Å². The van der Waals surface area contributed by atoms with Crippen LogP contribution in [0.25, 0.3) is 11.3 Å². The summed E-state index contributed by atoms with van der Waals surface area (Å²) < 4.78 is 0. The molecule has 0 bridgehead atoms. The van der Waals surface area contributed by atoms with E-state index < -0.39 is 5.97 Å². The maximum atomic E-state index is 11.0. The Morgan fingerprint density at radius 3 is 2.87 bits per heavy atom. The Labute approximate surface area is 84.7 Å². The number of hydrogen-bond donors (Lipinski definition) is 3. The minimum absolute atomic E-state index is 0.0476. The lowest BCUT2D eigenvalue weighted by Crippen LogP contribution is -2.04. The van der Waals surface area contributed by atoms with E-state index >= 15 is 0 Å². The Morgan fingerprint density at radius 1 is 1.47 bits per heavy atom. The summed E-state index contributed by atoms with van der Waals surface area (Å²) in [5.74, 6) is -1.08. The van der Waals surface area contributed by atoms with Crippen LogP contribution in [0, 0.1) is 0 Å². The van der Waals surface area contributed by atoms with Gasteiger partial charge in [0.1, 0.15) is 5.69 Å². The molecular weight excluding hydrogens is 196 g/mol. The van der Waals surface area contributed by atoms with Gasteiger partial charge in [0.05, 0.1) is 11.8 Å². The van der Waals surface area contributed by atoms with E-state index in [0.29, 0.717) is 11.3 Å². The summed E-state index contributed by atoms with van der Waals surface area (Å²) in [6.07, 6.45) is 1.52. The van der Waals surface area contributed by atoms with Crippen LogP contribution in [-0.2, 0) is 0 Å². The van der Waals surface area contributed by atoms with Crippen LogP contribution in [0.2, 0.25) is 0 Å². The van der Waals surface area contributed by atoms with E-state index in [1.54, 1.807) is 12.1 Å². The highest BCUT2D eigenvalue weighted by Gasteiger charge is 2.16. The van der Waals surface area contributed by atoms with Crippen molar-refractivity contribution >= 4 is 11.7 Å². The minimum Gasteiger partial charge on any atom is -0.478 e. The van der Waals surface area contributed by atoms with Gasteiger partial charge in [-0.15, -0.1) is 5.10 Å². The number of carboxylic acid groups (broad SMARTS) is 1. The zero-order valence-electron chi connectivity index (χ0n) is 7.64. The highest BCUT2D eigenvalue weighted by atomic mass is 16.4. The zero-order chi connectivity index (χ0) is 10.8. The normalized spacial score (nSPS) is 10.1. The number of carbonyl (C=O) groups is 1. The summed E-state index contributed by atoms with van der Waals surface area (Å²) in [5, 5.41) is 18.8. The molecule has 0 atom stereocenters. The van der Waals surface area contributed by atoms with Crippen molar-refractivity contribution < 1.29 is 9.90 Å². The molecule has 0 saturated carbocycles. The number of nitrogens with zero attached hydrogens (tertiary/aromatic N) is 2.